The molecule has 0 saturated heterocycles. The average Bonchev–Trinajstić information content (AvgIpc) is 2.50. The highest BCUT2D eigenvalue weighted by molar-refractivity contribution is 6.39. The van der Waals surface area contributed by atoms with Crippen LogP contribution in [0.4, 0.5) is 0 Å². The molecular weight excluding hydrogens is 272 g/mol. The number of hydrogen-bond donors (Lipinski definition) is 0. The molecule has 0 amide bonds. The van der Waals surface area contributed by atoms with Crippen molar-refractivity contribution in [3.63, 3.8) is 0 Å². The normalized spacial score (nSPS) is 12.2. The van der Waals surface area contributed by atoms with Crippen molar-refractivity contribution >= 4 is 21.1 Å². The Balaban J connectivity index is 3.00. The maximum Gasteiger partial charge on any atom is 0.551 e. The monoisotopic (exact) mass is 294 g/mol. The van der Waals surface area contributed by atoms with Crippen LogP contribution in [0.2, 0.25) is 0 Å². The molecule has 0 fully saturated rings. The van der Waals surface area contributed by atoms with Crippen LogP contribution >= 0.6 is 0 Å². The van der Waals surface area contributed by atoms with Crippen molar-refractivity contribution in [2.45, 2.75) is 26.7 Å². The third kappa shape index (κ3) is 4.59. The Morgan fingerprint density at radius 2 is 1.75 bits per heavy atom. The summed E-state index contributed by atoms with van der Waals surface area (Å²) >= 11 is 0. The van der Waals surface area contributed by atoms with Gasteiger partial charge in [0.25, 0.3) is 0 Å². The van der Waals surface area contributed by atoms with Gasteiger partial charge in [-0.2, -0.15) is 0 Å². The number of hydrogen-bond acceptors (Lipinski definition) is 4. The first kappa shape index (κ1) is 16.6. The Morgan fingerprint density at radius 3 is 2.25 bits per heavy atom. The van der Waals surface area contributed by atoms with Crippen LogP contribution in [0.25, 0.3) is 5.57 Å². The van der Waals surface area contributed by atoms with Gasteiger partial charge in [-0.3, -0.25) is 0 Å². The van der Waals surface area contributed by atoms with E-state index in [1.54, 1.807) is 6.92 Å². The van der Waals surface area contributed by atoms with E-state index in [4.69, 9.17) is 13.3 Å². The van der Waals surface area contributed by atoms with Gasteiger partial charge < -0.3 is 13.3 Å². The summed E-state index contributed by atoms with van der Waals surface area (Å²) in [5.41, 5.74) is 2.68. The Bertz CT molecular complexity index is 452. The third-order valence-electron chi connectivity index (χ3n) is 2.97. The Kier molecular flexibility index (Phi) is 7.21. The Morgan fingerprint density at radius 1 is 1.15 bits per heavy atom. The first-order valence-electron chi connectivity index (χ1n) is 6.65. The molecule has 0 unspecified atom stereocenters. The number of benzene rings is 1. The van der Waals surface area contributed by atoms with Crippen LogP contribution in [0, 0.1) is 0 Å². The van der Waals surface area contributed by atoms with Gasteiger partial charge in [-0.05, 0) is 24.5 Å². The second-order valence-electron chi connectivity index (χ2n) is 4.38. The zero-order chi connectivity index (χ0) is 15.0. The zero-order valence-corrected chi connectivity index (χ0v) is 13.7. The molecular formula is C15H22O4Si. The molecule has 0 N–H and O–H groups in total. The lowest BCUT2D eigenvalue weighted by Crippen LogP contribution is -2.28. The van der Waals surface area contributed by atoms with Crippen molar-refractivity contribution in [1.82, 2.24) is 0 Å². The van der Waals surface area contributed by atoms with Crippen molar-refractivity contribution in [2.75, 3.05) is 14.2 Å². The number of allylic oxidation sites excluding steroid dienone is 1. The summed E-state index contributed by atoms with van der Waals surface area (Å²) in [6.45, 7) is 3.88. The maximum absolute atomic E-state index is 12.2. The molecule has 20 heavy (non-hydrogen) atoms. The predicted molar refractivity (Wildman–Crippen MR) is 81.2 cm³/mol. The van der Waals surface area contributed by atoms with E-state index in [0.717, 1.165) is 24.0 Å². The van der Waals surface area contributed by atoms with Crippen LogP contribution in [0.5, 0.6) is 0 Å². The SMILES string of the molecule is CCCC(=C(C)C(=O)O[SiH](OC)OC)c1ccccc1. The summed E-state index contributed by atoms with van der Waals surface area (Å²) in [7, 11) is 0.621. The molecule has 1 aromatic carbocycles. The predicted octanol–water partition coefficient (Wildman–Crippen LogP) is 2.81. The van der Waals surface area contributed by atoms with E-state index in [2.05, 4.69) is 6.92 Å². The molecule has 0 radical (unpaired) electrons. The molecule has 0 aliphatic heterocycles. The van der Waals surface area contributed by atoms with Gasteiger partial charge in [0, 0.05) is 19.8 Å². The lowest BCUT2D eigenvalue weighted by molar-refractivity contribution is -0.133. The average molecular weight is 294 g/mol. The van der Waals surface area contributed by atoms with Crippen molar-refractivity contribution < 1.29 is 18.1 Å². The van der Waals surface area contributed by atoms with Crippen LogP contribution < -0.4 is 0 Å². The van der Waals surface area contributed by atoms with E-state index in [9.17, 15) is 4.79 Å². The summed E-state index contributed by atoms with van der Waals surface area (Å²) in [6.07, 6.45) is 1.79. The van der Waals surface area contributed by atoms with Gasteiger partial charge in [-0.25, -0.2) is 4.79 Å². The molecule has 0 aromatic heterocycles. The summed E-state index contributed by atoms with van der Waals surface area (Å²) in [5.74, 6) is -0.363. The second-order valence-corrected chi connectivity index (χ2v) is 6.14. The van der Waals surface area contributed by atoms with Gasteiger partial charge in [0.05, 0.1) is 0 Å². The van der Waals surface area contributed by atoms with E-state index >= 15 is 0 Å². The van der Waals surface area contributed by atoms with E-state index in [1.165, 1.54) is 14.2 Å². The molecule has 110 valence electrons. The first-order valence-corrected chi connectivity index (χ1v) is 8.07. The molecule has 1 rings (SSSR count). The topological polar surface area (TPSA) is 44.8 Å². The largest absolute Gasteiger partial charge is 0.551 e. The fraction of sp³-hybridized carbons (Fsp3) is 0.400. The molecule has 5 heteroatoms. The standard InChI is InChI=1S/C15H22O4Si/c1-5-9-14(13-10-7-6-8-11-13)12(2)15(16)19-20(17-3)18-4/h6-8,10-11,20H,5,9H2,1-4H3. The first-order chi connectivity index (χ1) is 9.63. The minimum Gasteiger partial charge on any atom is -0.472 e. The van der Waals surface area contributed by atoms with Crippen molar-refractivity contribution in [3.05, 3.63) is 41.5 Å². The lowest BCUT2D eigenvalue weighted by atomic mass is 9.97. The van der Waals surface area contributed by atoms with Crippen LogP contribution in [-0.4, -0.2) is 29.7 Å². The summed E-state index contributed by atoms with van der Waals surface area (Å²) < 4.78 is 15.3. The Hall–Kier alpha value is -1.43. The van der Waals surface area contributed by atoms with Gasteiger partial charge in [-0.1, -0.05) is 43.7 Å². The van der Waals surface area contributed by atoms with Crippen LogP contribution in [0.15, 0.2) is 35.9 Å². The van der Waals surface area contributed by atoms with Crippen molar-refractivity contribution in [3.8, 4) is 0 Å². The van der Waals surface area contributed by atoms with Gasteiger partial charge in [0.15, 0.2) is 0 Å². The minimum absolute atomic E-state index is 0.363. The molecule has 4 nitrogen and oxygen atoms in total. The lowest BCUT2D eigenvalue weighted by Gasteiger charge is -2.15. The molecule has 0 heterocycles. The van der Waals surface area contributed by atoms with E-state index in [0.29, 0.717) is 5.57 Å². The minimum atomic E-state index is -2.34. The fourth-order valence-electron chi connectivity index (χ4n) is 1.93. The quantitative estimate of drug-likeness (QED) is 0.573. The number of carbonyl (C=O) groups is 1. The highest BCUT2D eigenvalue weighted by atomic mass is 28.3. The van der Waals surface area contributed by atoms with E-state index in [-0.39, 0.29) is 5.97 Å². The summed E-state index contributed by atoms with van der Waals surface area (Å²) in [6, 6.07) is 9.89. The summed E-state index contributed by atoms with van der Waals surface area (Å²) in [4.78, 5) is 12.2. The molecule has 0 aliphatic rings. The summed E-state index contributed by atoms with van der Waals surface area (Å²) in [5, 5.41) is 0. The second kappa shape index (κ2) is 8.68. The van der Waals surface area contributed by atoms with Crippen LogP contribution in [0.3, 0.4) is 0 Å². The van der Waals surface area contributed by atoms with E-state index in [1.807, 2.05) is 30.3 Å². The smallest absolute Gasteiger partial charge is 0.472 e. The van der Waals surface area contributed by atoms with Gasteiger partial charge in [-0.15, -0.1) is 0 Å². The van der Waals surface area contributed by atoms with Gasteiger partial charge in [0.1, 0.15) is 0 Å². The number of carbonyl (C=O) groups excluding carboxylic acids is 1. The third-order valence-corrected chi connectivity index (χ3v) is 4.15. The highest BCUT2D eigenvalue weighted by Crippen LogP contribution is 2.24. The van der Waals surface area contributed by atoms with Crippen LogP contribution in [0.1, 0.15) is 32.3 Å². The zero-order valence-electron chi connectivity index (χ0n) is 12.5. The molecule has 0 bridgehead atoms. The van der Waals surface area contributed by atoms with Crippen molar-refractivity contribution in [2.24, 2.45) is 0 Å². The van der Waals surface area contributed by atoms with Crippen molar-refractivity contribution in [1.29, 1.82) is 0 Å². The Labute approximate surface area is 122 Å². The molecule has 0 atom stereocenters. The highest BCUT2D eigenvalue weighted by Gasteiger charge is 2.20. The molecule has 0 spiro atoms. The van der Waals surface area contributed by atoms with Crippen LogP contribution in [-0.2, 0) is 18.1 Å². The molecule has 0 saturated carbocycles. The molecule has 1 aromatic rings. The van der Waals surface area contributed by atoms with Gasteiger partial charge >= 0.3 is 15.5 Å². The maximum atomic E-state index is 12.2. The fourth-order valence-corrected chi connectivity index (χ4v) is 2.67. The van der Waals surface area contributed by atoms with Gasteiger partial charge in [0.2, 0.25) is 0 Å². The molecule has 0 aliphatic carbocycles. The van der Waals surface area contributed by atoms with E-state index < -0.39 is 9.53 Å². The number of rotatable bonds is 7.